The van der Waals surface area contributed by atoms with Crippen LogP contribution in [0.5, 0.6) is 0 Å². The molecule has 1 amide bonds. The van der Waals surface area contributed by atoms with E-state index in [1.54, 1.807) is 29.8 Å². The van der Waals surface area contributed by atoms with Gasteiger partial charge in [-0.1, -0.05) is 0 Å². The minimum atomic E-state index is 0.0424. The molecular weight excluding hydrogens is 258 g/mol. The Morgan fingerprint density at radius 3 is 3.21 bits per heavy atom. The molecule has 0 aliphatic carbocycles. The van der Waals surface area contributed by atoms with Gasteiger partial charge in [-0.2, -0.15) is 0 Å². The van der Waals surface area contributed by atoms with Crippen molar-refractivity contribution in [3.05, 3.63) is 52.1 Å². The number of carbonyl (C=O) groups is 1. The second-order valence-corrected chi connectivity index (χ2v) is 5.61. The summed E-state index contributed by atoms with van der Waals surface area (Å²) < 4.78 is 5.19. The summed E-state index contributed by atoms with van der Waals surface area (Å²) in [5.41, 5.74) is 1.29. The summed E-state index contributed by atoms with van der Waals surface area (Å²) in [5.74, 6) is 0.745. The van der Waals surface area contributed by atoms with E-state index in [1.807, 2.05) is 17.0 Å². The Bertz CT molecular complexity index is 597. The van der Waals surface area contributed by atoms with Crippen LogP contribution in [0.1, 0.15) is 29.2 Å². The van der Waals surface area contributed by atoms with Gasteiger partial charge in [0.25, 0.3) is 0 Å². The molecule has 2 aromatic heterocycles. The van der Waals surface area contributed by atoms with Gasteiger partial charge in [0, 0.05) is 17.5 Å². The Labute approximate surface area is 116 Å². The Morgan fingerprint density at radius 2 is 2.42 bits per heavy atom. The van der Waals surface area contributed by atoms with Crippen molar-refractivity contribution in [2.75, 3.05) is 6.54 Å². The predicted molar refractivity (Wildman–Crippen MR) is 75.9 cm³/mol. The van der Waals surface area contributed by atoms with Crippen molar-refractivity contribution in [2.45, 2.75) is 19.4 Å². The van der Waals surface area contributed by atoms with Gasteiger partial charge < -0.3 is 9.32 Å². The Morgan fingerprint density at radius 1 is 1.53 bits per heavy atom. The Kier molecular flexibility index (Phi) is 3.25. The molecule has 0 saturated heterocycles. The summed E-state index contributed by atoms with van der Waals surface area (Å²) in [7, 11) is 0. The molecule has 19 heavy (non-hydrogen) atoms. The molecule has 1 aliphatic rings. The highest BCUT2D eigenvalue weighted by Gasteiger charge is 2.26. The zero-order valence-corrected chi connectivity index (χ0v) is 11.5. The maximum atomic E-state index is 12.2. The van der Waals surface area contributed by atoms with Gasteiger partial charge in [-0.3, -0.25) is 4.79 Å². The Balaban J connectivity index is 1.75. The van der Waals surface area contributed by atoms with E-state index in [0.717, 1.165) is 13.0 Å². The van der Waals surface area contributed by atoms with E-state index in [0.29, 0.717) is 5.76 Å². The first-order valence-corrected chi connectivity index (χ1v) is 7.22. The molecule has 1 unspecified atom stereocenters. The van der Waals surface area contributed by atoms with Crippen LogP contribution < -0.4 is 0 Å². The quantitative estimate of drug-likeness (QED) is 0.785. The highest BCUT2D eigenvalue weighted by molar-refractivity contribution is 7.10. The summed E-state index contributed by atoms with van der Waals surface area (Å²) in [5, 5.41) is 2.10. The first-order valence-electron chi connectivity index (χ1n) is 6.34. The second kappa shape index (κ2) is 5.05. The van der Waals surface area contributed by atoms with E-state index >= 15 is 0 Å². The van der Waals surface area contributed by atoms with E-state index in [9.17, 15) is 4.79 Å². The van der Waals surface area contributed by atoms with Gasteiger partial charge in [-0.05, 0) is 48.6 Å². The first-order chi connectivity index (χ1) is 9.25. The number of carbonyl (C=O) groups excluding carboxylic acids is 1. The zero-order chi connectivity index (χ0) is 13.2. The fourth-order valence-corrected chi connectivity index (χ4v) is 3.41. The van der Waals surface area contributed by atoms with E-state index < -0.39 is 0 Å². The smallest absolute Gasteiger partial charge is 0.247 e. The Hall–Kier alpha value is -1.81. The minimum Gasteiger partial charge on any atom is -0.465 e. The van der Waals surface area contributed by atoms with Gasteiger partial charge in [-0.25, -0.2) is 0 Å². The summed E-state index contributed by atoms with van der Waals surface area (Å²) in [4.78, 5) is 15.6. The zero-order valence-electron chi connectivity index (χ0n) is 10.7. The van der Waals surface area contributed by atoms with Gasteiger partial charge in [0.2, 0.25) is 5.91 Å². The number of thiophene rings is 1. The summed E-state index contributed by atoms with van der Waals surface area (Å²) in [6.45, 7) is 2.87. The lowest BCUT2D eigenvalue weighted by atomic mass is 10.0. The van der Waals surface area contributed by atoms with Crippen LogP contribution in [0.25, 0.3) is 6.08 Å². The molecule has 1 aliphatic heterocycles. The molecule has 3 nitrogen and oxygen atoms in total. The van der Waals surface area contributed by atoms with Crippen molar-refractivity contribution in [3.8, 4) is 0 Å². The number of fused-ring (bicyclic) bond motifs is 1. The number of hydrogen-bond acceptors (Lipinski definition) is 3. The molecule has 1 atom stereocenters. The van der Waals surface area contributed by atoms with Crippen molar-refractivity contribution in [2.24, 2.45) is 0 Å². The molecule has 3 rings (SSSR count). The molecule has 0 saturated carbocycles. The van der Waals surface area contributed by atoms with Gasteiger partial charge >= 0.3 is 0 Å². The summed E-state index contributed by atoms with van der Waals surface area (Å²) in [6, 6.07) is 5.93. The van der Waals surface area contributed by atoms with Crippen LogP contribution in [0.4, 0.5) is 0 Å². The maximum absolute atomic E-state index is 12.2. The first kappa shape index (κ1) is 12.2. The molecule has 0 aromatic carbocycles. The average Bonchev–Trinajstić information content (AvgIpc) is 3.07. The summed E-state index contributed by atoms with van der Waals surface area (Å²) >= 11 is 1.78. The number of rotatable bonds is 2. The van der Waals surface area contributed by atoms with Crippen LogP contribution in [-0.4, -0.2) is 17.4 Å². The monoisotopic (exact) mass is 273 g/mol. The maximum Gasteiger partial charge on any atom is 0.247 e. The predicted octanol–water partition coefficient (Wildman–Crippen LogP) is 3.50. The molecule has 2 aromatic rings. The highest BCUT2D eigenvalue weighted by atomic mass is 32.1. The van der Waals surface area contributed by atoms with Crippen molar-refractivity contribution in [1.29, 1.82) is 0 Å². The third-order valence-electron chi connectivity index (χ3n) is 3.49. The molecule has 0 bridgehead atoms. The molecule has 0 fully saturated rings. The lowest BCUT2D eigenvalue weighted by Gasteiger charge is -2.32. The SMILES string of the molecule is CC1c2ccsc2CCN1C(=O)/C=C/c1ccco1. The van der Waals surface area contributed by atoms with Crippen LogP contribution in [-0.2, 0) is 11.2 Å². The van der Waals surface area contributed by atoms with Gasteiger partial charge in [0.1, 0.15) is 5.76 Å². The molecule has 0 radical (unpaired) electrons. The lowest BCUT2D eigenvalue weighted by Crippen LogP contribution is -2.37. The fraction of sp³-hybridized carbons (Fsp3) is 0.267. The second-order valence-electron chi connectivity index (χ2n) is 4.61. The number of furan rings is 1. The third kappa shape index (κ3) is 2.36. The van der Waals surface area contributed by atoms with Crippen molar-refractivity contribution >= 4 is 23.3 Å². The van der Waals surface area contributed by atoms with E-state index in [4.69, 9.17) is 4.42 Å². The molecule has 98 valence electrons. The van der Waals surface area contributed by atoms with Crippen molar-refractivity contribution < 1.29 is 9.21 Å². The van der Waals surface area contributed by atoms with E-state index in [1.165, 1.54) is 10.4 Å². The summed E-state index contributed by atoms with van der Waals surface area (Å²) in [6.07, 6.45) is 5.87. The lowest BCUT2D eigenvalue weighted by molar-refractivity contribution is -0.128. The van der Waals surface area contributed by atoms with Crippen LogP contribution in [0.15, 0.2) is 40.3 Å². The number of hydrogen-bond donors (Lipinski definition) is 0. The number of nitrogens with zero attached hydrogens (tertiary/aromatic N) is 1. The van der Waals surface area contributed by atoms with Crippen LogP contribution >= 0.6 is 11.3 Å². The molecule has 0 spiro atoms. The van der Waals surface area contributed by atoms with Crippen molar-refractivity contribution in [3.63, 3.8) is 0 Å². The third-order valence-corrected chi connectivity index (χ3v) is 4.49. The average molecular weight is 273 g/mol. The molecular formula is C15H15NO2S. The normalized spacial score (nSPS) is 18.8. The number of amides is 1. The fourth-order valence-electron chi connectivity index (χ4n) is 2.45. The van der Waals surface area contributed by atoms with Gasteiger partial charge in [0.05, 0.1) is 12.3 Å². The molecule has 0 N–H and O–H groups in total. The standard InChI is InChI=1S/C15H15NO2S/c1-11-13-7-10-19-14(13)6-8-16(11)15(17)5-4-12-3-2-9-18-12/h2-5,7,9-11H,6,8H2,1H3/b5-4+. The van der Waals surface area contributed by atoms with Crippen LogP contribution in [0.2, 0.25) is 0 Å². The molecule has 4 heteroatoms. The molecule has 3 heterocycles. The highest BCUT2D eigenvalue weighted by Crippen LogP contribution is 2.32. The topological polar surface area (TPSA) is 33.5 Å². The van der Waals surface area contributed by atoms with E-state index in [2.05, 4.69) is 18.4 Å². The van der Waals surface area contributed by atoms with Crippen LogP contribution in [0, 0.1) is 0 Å². The largest absolute Gasteiger partial charge is 0.465 e. The van der Waals surface area contributed by atoms with Gasteiger partial charge in [0.15, 0.2) is 0 Å². The van der Waals surface area contributed by atoms with E-state index in [-0.39, 0.29) is 11.9 Å². The minimum absolute atomic E-state index is 0.0424. The van der Waals surface area contributed by atoms with Crippen molar-refractivity contribution in [1.82, 2.24) is 4.90 Å². The van der Waals surface area contributed by atoms with Crippen LogP contribution in [0.3, 0.4) is 0 Å². The van der Waals surface area contributed by atoms with Gasteiger partial charge in [-0.15, -0.1) is 11.3 Å².